The normalized spacial score (nSPS) is 18.9. The summed E-state index contributed by atoms with van der Waals surface area (Å²) < 4.78 is 31.7. The lowest BCUT2D eigenvalue weighted by atomic mass is 10.1. The van der Waals surface area contributed by atoms with E-state index in [1.807, 2.05) is 0 Å². The van der Waals surface area contributed by atoms with E-state index < -0.39 is 15.9 Å². The summed E-state index contributed by atoms with van der Waals surface area (Å²) in [6.07, 6.45) is 3.13. The molecule has 2 heterocycles. The summed E-state index contributed by atoms with van der Waals surface area (Å²) in [5, 5.41) is 2.61. The fourth-order valence-corrected chi connectivity index (χ4v) is 4.64. The number of hydrogen-bond acceptors (Lipinski definition) is 5. The van der Waals surface area contributed by atoms with Gasteiger partial charge in [-0.1, -0.05) is 0 Å². The first-order chi connectivity index (χ1) is 13.0. The first kappa shape index (κ1) is 19.8. The lowest BCUT2D eigenvalue weighted by molar-refractivity contribution is -0.130. The van der Waals surface area contributed by atoms with Crippen LogP contribution in [0.3, 0.4) is 0 Å². The van der Waals surface area contributed by atoms with Crippen molar-refractivity contribution in [1.82, 2.24) is 14.5 Å². The fourth-order valence-electron chi connectivity index (χ4n) is 3.23. The third-order valence-corrected chi connectivity index (χ3v) is 6.75. The molecule has 0 unspecified atom stereocenters. The molecule has 2 aliphatic heterocycles. The molecule has 1 N–H and O–H groups in total. The monoisotopic (exact) mass is 395 g/mol. The van der Waals surface area contributed by atoms with Gasteiger partial charge in [-0.2, -0.15) is 4.31 Å². The van der Waals surface area contributed by atoms with E-state index in [1.165, 1.54) is 28.6 Å². The number of morpholine rings is 1. The van der Waals surface area contributed by atoms with Crippen molar-refractivity contribution in [2.24, 2.45) is 0 Å². The van der Waals surface area contributed by atoms with E-state index in [9.17, 15) is 18.0 Å². The minimum absolute atomic E-state index is 0.0489. The maximum atomic E-state index is 12.6. The van der Waals surface area contributed by atoms with Gasteiger partial charge in [0.25, 0.3) is 5.91 Å². The second-order valence-electron chi connectivity index (χ2n) is 6.66. The van der Waals surface area contributed by atoms with Gasteiger partial charge in [0.15, 0.2) is 0 Å². The summed E-state index contributed by atoms with van der Waals surface area (Å²) in [6.45, 7) is 2.83. The van der Waals surface area contributed by atoms with Crippen molar-refractivity contribution in [3.8, 4) is 0 Å². The number of benzene rings is 1. The van der Waals surface area contributed by atoms with Gasteiger partial charge in [0, 0.05) is 31.7 Å². The Morgan fingerprint density at radius 1 is 0.963 bits per heavy atom. The number of amides is 2. The van der Waals surface area contributed by atoms with Gasteiger partial charge in [-0.15, -0.1) is 0 Å². The van der Waals surface area contributed by atoms with E-state index in [2.05, 4.69) is 5.32 Å². The molecule has 8 nitrogen and oxygen atoms in total. The zero-order valence-corrected chi connectivity index (χ0v) is 16.0. The van der Waals surface area contributed by atoms with E-state index >= 15 is 0 Å². The first-order valence-corrected chi connectivity index (χ1v) is 10.7. The SMILES string of the molecule is O=C(NCC(=O)N1CCCCC1)c1ccc(S(=O)(=O)N2CCOCC2)cc1. The number of carbonyl (C=O) groups is 2. The van der Waals surface area contributed by atoms with Crippen molar-refractivity contribution in [3.05, 3.63) is 29.8 Å². The number of carbonyl (C=O) groups excluding carboxylic acids is 2. The minimum Gasteiger partial charge on any atom is -0.379 e. The summed E-state index contributed by atoms with van der Waals surface area (Å²) in [7, 11) is -3.58. The molecule has 0 atom stereocenters. The maximum Gasteiger partial charge on any atom is 0.251 e. The Bertz CT molecular complexity index is 767. The van der Waals surface area contributed by atoms with Gasteiger partial charge in [-0.25, -0.2) is 8.42 Å². The Morgan fingerprint density at radius 3 is 2.22 bits per heavy atom. The summed E-state index contributed by atoms with van der Waals surface area (Å²) >= 11 is 0. The van der Waals surface area contributed by atoms with Crippen molar-refractivity contribution < 1.29 is 22.7 Å². The molecule has 2 saturated heterocycles. The largest absolute Gasteiger partial charge is 0.379 e. The summed E-state index contributed by atoms with van der Waals surface area (Å²) in [4.78, 5) is 26.3. The Balaban J connectivity index is 1.57. The number of rotatable bonds is 5. The minimum atomic E-state index is -3.58. The van der Waals surface area contributed by atoms with Gasteiger partial charge in [-0.05, 0) is 43.5 Å². The van der Waals surface area contributed by atoms with Crippen LogP contribution in [0.4, 0.5) is 0 Å². The lowest BCUT2D eigenvalue weighted by Crippen LogP contribution is -2.42. The van der Waals surface area contributed by atoms with Crippen LogP contribution in [0, 0.1) is 0 Å². The molecular weight excluding hydrogens is 370 g/mol. The van der Waals surface area contributed by atoms with Gasteiger partial charge in [0.05, 0.1) is 24.7 Å². The Morgan fingerprint density at radius 2 is 1.59 bits per heavy atom. The molecule has 2 aliphatic rings. The van der Waals surface area contributed by atoms with Crippen LogP contribution >= 0.6 is 0 Å². The van der Waals surface area contributed by atoms with Crippen molar-refractivity contribution in [2.45, 2.75) is 24.2 Å². The molecule has 0 aliphatic carbocycles. The molecule has 148 valence electrons. The van der Waals surface area contributed by atoms with Crippen molar-refractivity contribution >= 4 is 21.8 Å². The molecule has 0 radical (unpaired) electrons. The molecule has 2 fully saturated rings. The zero-order valence-electron chi connectivity index (χ0n) is 15.2. The van der Waals surface area contributed by atoms with E-state index in [1.54, 1.807) is 4.90 Å². The zero-order chi connectivity index (χ0) is 19.3. The molecule has 1 aromatic carbocycles. The van der Waals surface area contributed by atoms with Crippen LogP contribution in [-0.2, 0) is 19.6 Å². The van der Waals surface area contributed by atoms with Crippen LogP contribution < -0.4 is 5.32 Å². The second kappa shape index (κ2) is 8.81. The second-order valence-corrected chi connectivity index (χ2v) is 8.60. The molecule has 0 bridgehead atoms. The first-order valence-electron chi connectivity index (χ1n) is 9.22. The van der Waals surface area contributed by atoms with Gasteiger partial charge in [0.2, 0.25) is 15.9 Å². The number of ether oxygens (including phenoxy) is 1. The molecular formula is C18H25N3O5S. The average Bonchev–Trinajstić information content (AvgIpc) is 2.73. The molecule has 0 spiro atoms. The number of nitrogens with one attached hydrogen (secondary N) is 1. The van der Waals surface area contributed by atoms with Crippen molar-refractivity contribution in [1.29, 1.82) is 0 Å². The number of likely N-dealkylation sites (tertiary alicyclic amines) is 1. The number of hydrogen-bond donors (Lipinski definition) is 1. The van der Waals surface area contributed by atoms with Crippen LogP contribution in [0.25, 0.3) is 0 Å². The standard InChI is InChI=1S/C18H25N3O5S/c22-17(20-8-2-1-3-9-20)14-19-18(23)15-4-6-16(7-5-15)27(24,25)21-10-12-26-13-11-21/h4-7H,1-3,8-14H2,(H,19,23). The Hall–Kier alpha value is -1.97. The highest BCUT2D eigenvalue weighted by Crippen LogP contribution is 2.17. The molecule has 1 aromatic rings. The van der Waals surface area contributed by atoms with E-state index in [0.29, 0.717) is 31.9 Å². The van der Waals surface area contributed by atoms with E-state index in [-0.39, 0.29) is 17.3 Å². The number of nitrogens with zero attached hydrogens (tertiary/aromatic N) is 2. The van der Waals surface area contributed by atoms with Crippen molar-refractivity contribution in [2.75, 3.05) is 45.9 Å². The van der Waals surface area contributed by atoms with Gasteiger partial charge in [0.1, 0.15) is 0 Å². The average molecular weight is 395 g/mol. The summed E-state index contributed by atoms with van der Waals surface area (Å²) in [5.74, 6) is -0.481. The summed E-state index contributed by atoms with van der Waals surface area (Å²) in [6, 6.07) is 5.78. The third-order valence-electron chi connectivity index (χ3n) is 4.83. The molecule has 3 rings (SSSR count). The molecule has 27 heavy (non-hydrogen) atoms. The van der Waals surface area contributed by atoms with E-state index in [4.69, 9.17) is 4.74 Å². The predicted molar refractivity (Wildman–Crippen MR) is 98.8 cm³/mol. The highest BCUT2D eigenvalue weighted by Gasteiger charge is 2.26. The van der Waals surface area contributed by atoms with Crippen LogP contribution in [0.1, 0.15) is 29.6 Å². The van der Waals surface area contributed by atoms with Crippen LogP contribution in [-0.4, -0.2) is 75.4 Å². The van der Waals surface area contributed by atoms with Crippen LogP contribution in [0.5, 0.6) is 0 Å². The van der Waals surface area contributed by atoms with Crippen LogP contribution in [0.15, 0.2) is 29.2 Å². The van der Waals surface area contributed by atoms with Gasteiger partial charge < -0.3 is 15.0 Å². The lowest BCUT2D eigenvalue weighted by Gasteiger charge is -2.26. The summed E-state index contributed by atoms with van der Waals surface area (Å²) in [5.41, 5.74) is 0.322. The predicted octanol–water partition coefficient (Wildman–Crippen LogP) is 0.450. The number of piperidine rings is 1. The molecule has 0 aromatic heterocycles. The van der Waals surface area contributed by atoms with Gasteiger partial charge >= 0.3 is 0 Å². The third kappa shape index (κ3) is 4.85. The maximum absolute atomic E-state index is 12.6. The fraction of sp³-hybridized carbons (Fsp3) is 0.556. The van der Waals surface area contributed by atoms with Crippen LogP contribution in [0.2, 0.25) is 0 Å². The van der Waals surface area contributed by atoms with Gasteiger partial charge in [-0.3, -0.25) is 9.59 Å². The molecule has 9 heteroatoms. The molecule has 2 amide bonds. The Kier molecular flexibility index (Phi) is 6.46. The van der Waals surface area contributed by atoms with E-state index in [0.717, 1.165) is 32.4 Å². The molecule has 0 saturated carbocycles. The quantitative estimate of drug-likeness (QED) is 0.781. The highest BCUT2D eigenvalue weighted by molar-refractivity contribution is 7.89. The smallest absolute Gasteiger partial charge is 0.251 e. The highest BCUT2D eigenvalue weighted by atomic mass is 32.2. The number of sulfonamides is 1. The Labute approximate surface area is 159 Å². The topological polar surface area (TPSA) is 96.0 Å². The van der Waals surface area contributed by atoms with Crippen molar-refractivity contribution in [3.63, 3.8) is 0 Å².